The minimum Gasteiger partial charge on any atom is -0.382 e. The van der Waals surface area contributed by atoms with E-state index in [9.17, 15) is 4.39 Å². The molecule has 1 N–H and O–H groups in total. The molecule has 0 amide bonds. The Kier molecular flexibility index (Phi) is 4.59. The van der Waals surface area contributed by atoms with Crippen LogP contribution in [0.4, 0.5) is 10.1 Å². The van der Waals surface area contributed by atoms with Gasteiger partial charge in [0.25, 0.3) is 0 Å². The van der Waals surface area contributed by atoms with Gasteiger partial charge >= 0.3 is 0 Å². The number of anilines is 1. The van der Waals surface area contributed by atoms with E-state index in [1.165, 1.54) is 25.5 Å². The summed E-state index contributed by atoms with van der Waals surface area (Å²) in [5.41, 5.74) is 2.07. The lowest BCUT2D eigenvalue weighted by atomic mass is 10.1. The molecule has 0 aliphatic carbocycles. The molecule has 3 heteroatoms. The SMILES string of the molecule is CCN1CCCC(Nc2cc(F)ccc2C)CC1. The quantitative estimate of drug-likeness (QED) is 0.884. The van der Waals surface area contributed by atoms with E-state index >= 15 is 0 Å². The van der Waals surface area contributed by atoms with Gasteiger partial charge < -0.3 is 10.2 Å². The zero-order valence-electron chi connectivity index (χ0n) is 11.4. The lowest BCUT2D eigenvalue weighted by Crippen LogP contribution is -2.26. The van der Waals surface area contributed by atoms with Crippen LogP contribution >= 0.6 is 0 Å². The first kappa shape index (κ1) is 13.3. The Morgan fingerprint density at radius 2 is 2.17 bits per heavy atom. The number of nitrogens with zero attached hydrogens (tertiary/aromatic N) is 1. The molecule has 2 nitrogen and oxygen atoms in total. The monoisotopic (exact) mass is 250 g/mol. The molecule has 1 aliphatic heterocycles. The van der Waals surface area contributed by atoms with Crippen LogP contribution in [0.1, 0.15) is 31.7 Å². The van der Waals surface area contributed by atoms with Gasteiger partial charge in [-0.2, -0.15) is 0 Å². The van der Waals surface area contributed by atoms with Crippen LogP contribution < -0.4 is 5.32 Å². The van der Waals surface area contributed by atoms with E-state index in [-0.39, 0.29) is 5.82 Å². The van der Waals surface area contributed by atoms with Gasteiger partial charge in [-0.3, -0.25) is 0 Å². The molecule has 1 unspecified atom stereocenters. The third kappa shape index (κ3) is 3.45. The predicted molar refractivity (Wildman–Crippen MR) is 74.5 cm³/mol. The molecule has 100 valence electrons. The molecule has 18 heavy (non-hydrogen) atoms. The van der Waals surface area contributed by atoms with E-state index in [2.05, 4.69) is 17.1 Å². The number of likely N-dealkylation sites (tertiary alicyclic amines) is 1. The predicted octanol–water partition coefficient (Wildman–Crippen LogP) is 3.42. The lowest BCUT2D eigenvalue weighted by Gasteiger charge is -2.20. The van der Waals surface area contributed by atoms with Crippen molar-refractivity contribution in [2.75, 3.05) is 25.0 Å². The lowest BCUT2D eigenvalue weighted by molar-refractivity contribution is 0.300. The van der Waals surface area contributed by atoms with E-state index in [4.69, 9.17) is 0 Å². The summed E-state index contributed by atoms with van der Waals surface area (Å²) >= 11 is 0. The molecule has 0 saturated carbocycles. The van der Waals surface area contributed by atoms with Crippen molar-refractivity contribution in [2.45, 2.75) is 39.2 Å². The highest BCUT2D eigenvalue weighted by molar-refractivity contribution is 5.51. The number of aryl methyl sites for hydroxylation is 1. The van der Waals surface area contributed by atoms with Gasteiger partial charge in [0.1, 0.15) is 5.82 Å². The summed E-state index contributed by atoms with van der Waals surface area (Å²) < 4.78 is 13.3. The number of hydrogen-bond acceptors (Lipinski definition) is 2. The fourth-order valence-corrected chi connectivity index (χ4v) is 2.59. The molecule has 1 atom stereocenters. The molecule has 1 aliphatic rings. The molecule has 1 fully saturated rings. The van der Waals surface area contributed by atoms with Crippen LogP contribution in [0.5, 0.6) is 0 Å². The van der Waals surface area contributed by atoms with Gasteiger partial charge in [0.2, 0.25) is 0 Å². The summed E-state index contributed by atoms with van der Waals surface area (Å²) in [6.07, 6.45) is 3.54. The highest BCUT2D eigenvalue weighted by Crippen LogP contribution is 2.21. The van der Waals surface area contributed by atoms with Crippen molar-refractivity contribution < 1.29 is 4.39 Å². The maximum atomic E-state index is 13.3. The minimum absolute atomic E-state index is 0.160. The molecule has 1 saturated heterocycles. The Morgan fingerprint density at radius 3 is 2.94 bits per heavy atom. The Bertz CT molecular complexity index is 392. The Labute approximate surface area is 109 Å². The number of benzene rings is 1. The van der Waals surface area contributed by atoms with Gasteiger partial charge in [-0.05, 0) is 57.0 Å². The molecule has 1 aromatic carbocycles. The van der Waals surface area contributed by atoms with Gasteiger partial charge in [-0.15, -0.1) is 0 Å². The second kappa shape index (κ2) is 6.19. The van der Waals surface area contributed by atoms with Crippen molar-refractivity contribution >= 4 is 5.69 Å². The molecule has 0 aromatic heterocycles. The zero-order chi connectivity index (χ0) is 13.0. The second-order valence-corrected chi connectivity index (χ2v) is 5.17. The standard InChI is InChI=1S/C15H23FN2/c1-3-18-9-4-5-14(8-10-18)17-15-11-13(16)7-6-12(15)2/h6-7,11,14,17H,3-5,8-10H2,1-2H3. The smallest absolute Gasteiger partial charge is 0.125 e. The van der Waals surface area contributed by atoms with Crippen molar-refractivity contribution in [2.24, 2.45) is 0 Å². The van der Waals surface area contributed by atoms with E-state index in [0.29, 0.717) is 6.04 Å². The molecular weight excluding hydrogens is 227 g/mol. The third-order valence-electron chi connectivity index (χ3n) is 3.83. The normalized spacial score (nSPS) is 21.6. The summed E-state index contributed by atoms with van der Waals surface area (Å²) in [6.45, 7) is 7.70. The van der Waals surface area contributed by atoms with Gasteiger partial charge in [-0.1, -0.05) is 13.0 Å². The maximum Gasteiger partial charge on any atom is 0.125 e. The number of halogens is 1. The van der Waals surface area contributed by atoms with Gasteiger partial charge in [0, 0.05) is 18.3 Å². The van der Waals surface area contributed by atoms with Crippen LogP contribution in [0.15, 0.2) is 18.2 Å². The van der Waals surface area contributed by atoms with Crippen LogP contribution in [0.2, 0.25) is 0 Å². The largest absolute Gasteiger partial charge is 0.382 e. The van der Waals surface area contributed by atoms with Crippen molar-refractivity contribution in [3.05, 3.63) is 29.6 Å². The van der Waals surface area contributed by atoms with E-state index in [1.807, 2.05) is 13.0 Å². The van der Waals surface area contributed by atoms with Gasteiger partial charge in [-0.25, -0.2) is 4.39 Å². The third-order valence-corrected chi connectivity index (χ3v) is 3.83. The molecule has 1 heterocycles. The van der Waals surface area contributed by atoms with Crippen LogP contribution in [0.3, 0.4) is 0 Å². The Balaban J connectivity index is 1.98. The molecular formula is C15H23FN2. The minimum atomic E-state index is -0.160. The van der Waals surface area contributed by atoms with Gasteiger partial charge in [0.05, 0.1) is 0 Å². The number of nitrogens with one attached hydrogen (secondary N) is 1. The Hall–Kier alpha value is -1.09. The highest BCUT2D eigenvalue weighted by Gasteiger charge is 2.16. The average Bonchev–Trinajstić information content (AvgIpc) is 2.59. The second-order valence-electron chi connectivity index (χ2n) is 5.17. The summed E-state index contributed by atoms with van der Waals surface area (Å²) in [4.78, 5) is 2.49. The highest BCUT2D eigenvalue weighted by atomic mass is 19.1. The fourth-order valence-electron chi connectivity index (χ4n) is 2.59. The fraction of sp³-hybridized carbons (Fsp3) is 0.600. The van der Waals surface area contributed by atoms with Crippen LogP contribution in [-0.4, -0.2) is 30.6 Å². The van der Waals surface area contributed by atoms with Crippen LogP contribution in [0.25, 0.3) is 0 Å². The van der Waals surface area contributed by atoms with Crippen molar-refractivity contribution in [1.29, 1.82) is 0 Å². The first-order valence-electron chi connectivity index (χ1n) is 6.94. The van der Waals surface area contributed by atoms with E-state index in [1.54, 1.807) is 6.07 Å². The first-order valence-corrected chi connectivity index (χ1v) is 6.94. The van der Waals surface area contributed by atoms with E-state index in [0.717, 1.165) is 30.8 Å². The number of rotatable bonds is 3. The summed E-state index contributed by atoms with van der Waals surface area (Å²) in [7, 11) is 0. The average molecular weight is 250 g/mol. The van der Waals surface area contributed by atoms with Crippen molar-refractivity contribution in [3.63, 3.8) is 0 Å². The molecule has 0 spiro atoms. The molecule has 1 aromatic rings. The molecule has 0 radical (unpaired) electrons. The Morgan fingerprint density at radius 1 is 1.33 bits per heavy atom. The van der Waals surface area contributed by atoms with E-state index < -0.39 is 0 Å². The summed E-state index contributed by atoms with van der Waals surface area (Å²) in [6, 6.07) is 5.44. The molecule has 0 bridgehead atoms. The van der Waals surface area contributed by atoms with Gasteiger partial charge in [0.15, 0.2) is 0 Å². The van der Waals surface area contributed by atoms with Crippen LogP contribution in [-0.2, 0) is 0 Å². The summed E-state index contributed by atoms with van der Waals surface area (Å²) in [5.74, 6) is -0.160. The maximum absolute atomic E-state index is 13.3. The molecule has 2 rings (SSSR count). The first-order chi connectivity index (χ1) is 8.69. The van der Waals surface area contributed by atoms with Crippen LogP contribution in [0, 0.1) is 12.7 Å². The topological polar surface area (TPSA) is 15.3 Å². The number of hydrogen-bond donors (Lipinski definition) is 1. The van der Waals surface area contributed by atoms with Crippen molar-refractivity contribution in [1.82, 2.24) is 4.90 Å². The summed E-state index contributed by atoms with van der Waals surface area (Å²) in [5, 5.41) is 3.51. The zero-order valence-corrected chi connectivity index (χ0v) is 11.4. The van der Waals surface area contributed by atoms with Crippen molar-refractivity contribution in [3.8, 4) is 0 Å².